The maximum absolute atomic E-state index is 13.5. The molecule has 0 fully saturated rings. The molecule has 3 nitrogen and oxygen atoms in total. The standard InChI is InChI=1S/C16H13FN2O/c17-14-6-2-1-4-12(14)9-18-13-8-11-5-3-7-15(20)16(11)19-10-13/h1-8,10,18,20H,9H2. The first kappa shape index (κ1) is 12.4. The van der Waals surface area contributed by atoms with Gasteiger partial charge in [0.05, 0.1) is 11.9 Å². The van der Waals surface area contributed by atoms with Crippen LogP contribution in [0.3, 0.4) is 0 Å². The van der Waals surface area contributed by atoms with Crippen molar-refractivity contribution in [2.45, 2.75) is 6.54 Å². The summed E-state index contributed by atoms with van der Waals surface area (Å²) in [6.45, 7) is 0.388. The van der Waals surface area contributed by atoms with Crippen LogP contribution in [-0.4, -0.2) is 10.1 Å². The number of nitrogens with one attached hydrogen (secondary N) is 1. The number of aromatic hydroxyl groups is 1. The van der Waals surface area contributed by atoms with Crippen molar-refractivity contribution in [1.82, 2.24) is 4.98 Å². The van der Waals surface area contributed by atoms with E-state index in [0.29, 0.717) is 17.6 Å². The van der Waals surface area contributed by atoms with Gasteiger partial charge in [0.2, 0.25) is 0 Å². The number of hydrogen-bond donors (Lipinski definition) is 2. The molecular weight excluding hydrogens is 255 g/mol. The normalized spacial score (nSPS) is 10.7. The Morgan fingerprint density at radius 1 is 1.10 bits per heavy atom. The number of phenols is 1. The van der Waals surface area contributed by atoms with Crippen molar-refractivity contribution < 1.29 is 9.50 Å². The van der Waals surface area contributed by atoms with E-state index in [0.717, 1.165) is 11.1 Å². The van der Waals surface area contributed by atoms with Crippen LogP contribution in [0.15, 0.2) is 54.7 Å². The predicted molar refractivity (Wildman–Crippen MR) is 77.1 cm³/mol. The number of nitrogens with zero attached hydrogens (tertiary/aromatic N) is 1. The van der Waals surface area contributed by atoms with Crippen LogP contribution in [0.25, 0.3) is 10.9 Å². The number of para-hydroxylation sites is 1. The lowest BCUT2D eigenvalue weighted by Gasteiger charge is -2.08. The van der Waals surface area contributed by atoms with E-state index in [-0.39, 0.29) is 11.6 Å². The number of pyridine rings is 1. The summed E-state index contributed by atoms with van der Waals surface area (Å²) in [5.74, 6) is -0.0745. The monoisotopic (exact) mass is 268 g/mol. The zero-order chi connectivity index (χ0) is 13.9. The third-order valence-electron chi connectivity index (χ3n) is 3.13. The van der Waals surface area contributed by atoms with Gasteiger partial charge in [-0.1, -0.05) is 30.3 Å². The number of halogens is 1. The Kier molecular flexibility index (Phi) is 3.21. The average molecular weight is 268 g/mol. The summed E-state index contributed by atoms with van der Waals surface area (Å²) in [6.07, 6.45) is 1.63. The smallest absolute Gasteiger partial charge is 0.141 e. The topological polar surface area (TPSA) is 45.1 Å². The van der Waals surface area contributed by atoms with E-state index in [1.807, 2.05) is 12.1 Å². The Morgan fingerprint density at radius 2 is 1.95 bits per heavy atom. The van der Waals surface area contributed by atoms with Gasteiger partial charge < -0.3 is 10.4 Å². The quantitative estimate of drug-likeness (QED) is 0.761. The number of aromatic nitrogens is 1. The van der Waals surface area contributed by atoms with E-state index >= 15 is 0 Å². The molecule has 2 N–H and O–H groups in total. The predicted octanol–water partition coefficient (Wildman–Crippen LogP) is 3.69. The van der Waals surface area contributed by atoms with E-state index in [9.17, 15) is 9.50 Å². The molecule has 0 bridgehead atoms. The van der Waals surface area contributed by atoms with Crippen molar-refractivity contribution in [3.05, 3.63) is 66.1 Å². The van der Waals surface area contributed by atoms with Gasteiger partial charge in [-0.25, -0.2) is 4.39 Å². The van der Waals surface area contributed by atoms with Gasteiger partial charge in [0.15, 0.2) is 0 Å². The highest BCUT2D eigenvalue weighted by Crippen LogP contribution is 2.24. The van der Waals surface area contributed by atoms with E-state index < -0.39 is 0 Å². The third kappa shape index (κ3) is 2.40. The molecule has 3 aromatic rings. The molecule has 100 valence electrons. The van der Waals surface area contributed by atoms with Crippen LogP contribution in [0.5, 0.6) is 5.75 Å². The van der Waals surface area contributed by atoms with Gasteiger partial charge in [-0.3, -0.25) is 4.98 Å². The van der Waals surface area contributed by atoms with Gasteiger partial charge in [0.25, 0.3) is 0 Å². The first-order valence-electron chi connectivity index (χ1n) is 6.29. The maximum Gasteiger partial charge on any atom is 0.141 e. The summed E-state index contributed by atoms with van der Waals surface area (Å²) in [5.41, 5.74) is 1.94. The second-order valence-corrected chi connectivity index (χ2v) is 4.52. The molecule has 0 spiro atoms. The second-order valence-electron chi connectivity index (χ2n) is 4.52. The molecule has 1 aromatic heterocycles. The highest BCUT2D eigenvalue weighted by atomic mass is 19.1. The van der Waals surface area contributed by atoms with Crippen LogP contribution in [0.2, 0.25) is 0 Å². The lowest BCUT2D eigenvalue weighted by molar-refractivity contribution is 0.480. The molecule has 20 heavy (non-hydrogen) atoms. The molecule has 0 amide bonds. The van der Waals surface area contributed by atoms with E-state index in [1.54, 1.807) is 36.5 Å². The number of hydrogen-bond acceptors (Lipinski definition) is 3. The molecule has 0 aliphatic carbocycles. The summed E-state index contributed by atoms with van der Waals surface area (Å²) in [6, 6.07) is 13.8. The number of anilines is 1. The van der Waals surface area contributed by atoms with Gasteiger partial charge in [-0.15, -0.1) is 0 Å². The summed E-state index contributed by atoms with van der Waals surface area (Å²) in [5, 5.41) is 13.6. The number of fused-ring (bicyclic) bond motifs is 1. The van der Waals surface area contributed by atoms with Crippen LogP contribution < -0.4 is 5.32 Å². The van der Waals surface area contributed by atoms with Crippen molar-refractivity contribution in [1.29, 1.82) is 0 Å². The highest BCUT2D eigenvalue weighted by molar-refractivity contribution is 5.86. The van der Waals surface area contributed by atoms with E-state index in [4.69, 9.17) is 0 Å². The Labute approximate surface area is 115 Å². The van der Waals surface area contributed by atoms with Crippen molar-refractivity contribution in [3.63, 3.8) is 0 Å². The molecule has 0 aliphatic rings. The third-order valence-corrected chi connectivity index (χ3v) is 3.13. The average Bonchev–Trinajstić information content (AvgIpc) is 2.46. The summed E-state index contributed by atoms with van der Waals surface area (Å²) in [7, 11) is 0. The Morgan fingerprint density at radius 3 is 2.80 bits per heavy atom. The molecule has 3 rings (SSSR count). The van der Waals surface area contributed by atoms with Crippen molar-refractivity contribution in [2.75, 3.05) is 5.32 Å². The fourth-order valence-electron chi connectivity index (χ4n) is 2.08. The van der Waals surface area contributed by atoms with E-state index in [2.05, 4.69) is 10.3 Å². The molecule has 4 heteroatoms. The summed E-state index contributed by atoms with van der Waals surface area (Å²) < 4.78 is 13.5. The van der Waals surface area contributed by atoms with Crippen LogP contribution in [-0.2, 0) is 6.54 Å². The SMILES string of the molecule is Oc1cccc2cc(NCc3ccccc3F)cnc12. The minimum Gasteiger partial charge on any atom is -0.506 e. The number of benzene rings is 2. The lowest BCUT2D eigenvalue weighted by atomic mass is 10.2. The molecule has 1 heterocycles. The van der Waals surface area contributed by atoms with Crippen molar-refractivity contribution in [3.8, 4) is 5.75 Å². The second kappa shape index (κ2) is 5.17. The molecular formula is C16H13FN2O. The molecule has 0 saturated heterocycles. The van der Waals surface area contributed by atoms with Gasteiger partial charge in [0.1, 0.15) is 17.1 Å². The van der Waals surface area contributed by atoms with Crippen molar-refractivity contribution in [2.24, 2.45) is 0 Å². The fraction of sp³-hybridized carbons (Fsp3) is 0.0625. The van der Waals surface area contributed by atoms with Crippen LogP contribution in [0.1, 0.15) is 5.56 Å². The Balaban J connectivity index is 1.83. The first-order chi connectivity index (χ1) is 9.74. The highest BCUT2D eigenvalue weighted by Gasteiger charge is 2.03. The maximum atomic E-state index is 13.5. The van der Waals surface area contributed by atoms with E-state index in [1.165, 1.54) is 6.07 Å². The van der Waals surface area contributed by atoms with Crippen LogP contribution >= 0.6 is 0 Å². The Hall–Kier alpha value is -2.62. The minimum atomic E-state index is -0.230. The zero-order valence-electron chi connectivity index (χ0n) is 10.7. The minimum absolute atomic E-state index is 0.156. The van der Waals surface area contributed by atoms with Crippen LogP contribution in [0.4, 0.5) is 10.1 Å². The molecule has 0 aliphatic heterocycles. The fourth-order valence-corrected chi connectivity index (χ4v) is 2.08. The summed E-state index contributed by atoms with van der Waals surface area (Å²) in [4.78, 5) is 4.21. The molecule has 0 radical (unpaired) electrons. The van der Waals surface area contributed by atoms with Gasteiger partial charge in [0, 0.05) is 17.5 Å². The number of phenolic OH excluding ortho intramolecular Hbond substituents is 1. The largest absolute Gasteiger partial charge is 0.506 e. The molecule has 0 unspecified atom stereocenters. The van der Waals surface area contributed by atoms with Gasteiger partial charge >= 0.3 is 0 Å². The zero-order valence-corrected chi connectivity index (χ0v) is 10.7. The van der Waals surface area contributed by atoms with Crippen molar-refractivity contribution >= 4 is 16.6 Å². The molecule has 0 saturated carbocycles. The molecule has 2 aromatic carbocycles. The summed E-state index contributed by atoms with van der Waals surface area (Å²) >= 11 is 0. The first-order valence-corrected chi connectivity index (χ1v) is 6.29. The number of rotatable bonds is 3. The molecule has 0 atom stereocenters. The van der Waals surface area contributed by atoms with Gasteiger partial charge in [-0.05, 0) is 18.2 Å². The van der Waals surface area contributed by atoms with Crippen LogP contribution in [0, 0.1) is 5.82 Å². The van der Waals surface area contributed by atoms with Gasteiger partial charge in [-0.2, -0.15) is 0 Å². The Bertz CT molecular complexity index is 758. The lowest BCUT2D eigenvalue weighted by Crippen LogP contribution is -2.01.